The lowest BCUT2D eigenvalue weighted by Gasteiger charge is -2.23. The second-order valence-electron chi connectivity index (χ2n) is 7.28. The van der Waals surface area contributed by atoms with Gasteiger partial charge in [0.2, 0.25) is 10.0 Å². The maximum absolute atomic E-state index is 13.4. The second-order valence-corrected chi connectivity index (χ2v) is 8.97. The lowest BCUT2D eigenvalue weighted by atomic mass is 9.99. The molecule has 0 saturated heterocycles. The second kappa shape index (κ2) is 9.50. The molecule has 0 radical (unpaired) electrons. The van der Waals surface area contributed by atoms with E-state index in [-0.39, 0.29) is 10.6 Å². The molecule has 8 heteroatoms. The number of ether oxygens (including phenoxy) is 4. The number of fused-ring (bicyclic) bond motifs is 1. The molecule has 1 N–H and O–H groups in total. The van der Waals surface area contributed by atoms with E-state index in [0.29, 0.717) is 36.9 Å². The van der Waals surface area contributed by atoms with Crippen LogP contribution >= 0.6 is 0 Å². The van der Waals surface area contributed by atoms with E-state index in [9.17, 15) is 8.42 Å². The average Bonchev–Trinajstić information content (AvgIpc) is 2.83. The number of nitrogens with one attached hydrogen (secondary N) is 1. The van der Waals surface area contributed by atoms with Crippen LogP contribution in [0.25, 0.3) is 0 Å². The van der Waals surface area contributed by atoms with E-state index in [2.05, 4.69) is 4.72 Å². The van der Waals surface area contributed by atoms with Crippen molar-refractivity contribution in [3.8, 4) is 23.0 Å². The topological polar surface area (TPSA) is 83.1 Å². The highest BCUT2D eigenvalue weighted by atomic mass is 32.2. The monoisotopic (exact) mass is 455 g/mol. The molecule has 0 saturated carbocycles. The molecule has 0 aliphatic carbocycles. The Balaban J connectivity index is 1.72. The van der Waals surface area contributed by atoms with Gasteiger partial charge in [0, 0.05) is 6.07 Å². The molecule has 1 heterocycles. The van der Waals surface area contributed by atoms with Gasteiger partial charge in [-0.25, -0.2) is 13.1 Å². The van der Waals surface area contributed by atoms with E-state index in [4.69, 9.17) is 18.9 Å². The first-order valence-electron chi connectivity index (χ1n) is 10.2. The van der Waals surface area contributed by atoms with Crippen LogP contribution in [0.1, 0.15) is 17.2 Å². The molecule has 0 amide bonds. The third kappa shape index (κ3) is 4.81. The minimum atomic E-state index is -3.95. The van der Waals surface area contributed by atoms with Crippen LogP contribution in [0.2, 0.25) is 0 Å². The van der Waals surface area contributed by atoms with Crippen LogP contribution in [0.5, 0.6) is 23.0 Å². The quantitative estimate of drug-likeness (QED) is 0.557. The molecule has 1 unspecified atom stereocenters. The Kier molecular flexibility index (Phi) is 6.53. The van der Waals surface area contributed by atoms with Crippen LogP contribution < -0.4 is 23.7 Å². The summed E-state index contributed by atoms with van der Waals surface area (Å²) in [6, 6.07) is 19.3. The molecule has 0 bridgehead atoms. The van der Waals surface area contributed by atoms with E-state index in [0.717, 1.165) is 11.1 Å². The first kappa shape index (κ1) is 22.0. The Morgan fingerprint density at radius 3 is 2.38 bits per heavy atom. The number of benzene rings is 3. The first-order valence-corrected chi connectivity index (χ1v) is 11.7. The van der Waals surface area contributed by atoms with Crippen LogP contribution in [0.3, 0.4) is 0 Å². The van der Waals surface area contributed by atoms with Gasteiger partial charge in [0.25, 0.3) is 0 Å². The molecule has 4 rings (SSSR count). The summed E-state index contributed by atoms with van der Waals surface area (Å²) in [7, 11) is -1.03. The van der Waals surface area contributed by atoms with Gasteiger partial charge in [-0.3, -0.25) is 0 Å². The van der Waals surface area contributed by atoms with Gasteiger partial charge in [0.05, 0.1) is 20.3 Å². The van der Waals surface area contributed by atoms with Crippen molar-refractivity contribution in [2.24, 2.45) is 0 Å². The van der Waals surface area contributed by atoms with Gasteiger partial charge in [0.1, 0.15) is 29.6 Å². The summed E-state index contributed by atoms with van der Waals surface area (Å²) in [4.78, 5) is 0.00922. The zero-order valence-corrected chi connectivity index (χ0v) is 18.7. The largest absolute Gasteiger partial charge is 0.497 e. The number of hydrogen-bond donors (Lipinski definition) is 1. The van der Waals surface area contributed by atoms with Crippen molar-refractivity contribution in [3.63, 3.8) is 0 Å². The fourth-order valence-electron chi connectivity index (χ4n) is 3.60. The van der Waals surface area contributed by atoms with Crippen molar-refractivity contribution >= 4 is 10.0 Å². The summed E-state index contributed by atoms with van der Waals surface area (Å²) in [5.74, 6) is 1.91. The van der Waals surface area contributed by atoms with Crippen LogP contribution in [-0.4, -0.2) is 35.9 Å². The van der Waals surface area contributed by atoms with Gasteiger partial charge in [-0.2, -0.15) is 0 Å². The lowest BCUT2D eigenvalue weighted by Crippen LogP contribution is -2.30. The van der Waals surface area contributed by atoms with Crippen molar-refractivity contribution < 1.29 is 27.4 Å². The fraction of sp³-hybridized carbons (Fsp3) is 0.250. The standard InChI is InChI=1S/C24H25NO6S/c1-28-19-9-11-22(29-2)24(16-19)32(26,27)25-20(14-17-6-4-3-5-7-17)18-8-10-21-23(15-18)31-13-12-30-21/h3-11,15-16,20,25H,12-14H2,1-2H3. The Morgan fingerprint density at radius 1 is 0.906 bits per heavy atom. The van der Waals surface area contributed by atoms with Crippen molar-refractivity contribution in [1.82, 2.24) is 4.72 Å². The Morgan fingerprint density at radius 2 is 1.66 bits per heavy atom. The summed E-state index contributed by atoms with van der Waals surface area (Å²) < 4.78 is 51.6. The number of methoxy groups -OCH3 is 2. The molecular formula is C24H25NO6S. The molecule has 0 fully saturated rings. The minimum absolute atomic E-state index is 0.00922. The summed E-state index contributed by atoms with van der Waals surface area (Å²) in [5.41, 5.74) is 1.76. The molecule has 3 aromatic carbocycles. The van der Waals surface area contributed by atoms with Gasteiger partial charge in [0.15, 0.2) is 11.5 Å². The normalized spacial score (nSPS) is 13.9. The highest BCUT2D eigenvalue weighted by Crippen LogP contribution is 2.35. The maximum Gasteiger partial charge on any atom is 0.244 e. The molecule has 1 aliphatic rings. The van der Waals surface area contributed by atoms with Gasteiger partial charge >= 0.3 is 0 Å². The number of rotatable bonds is 8. The highest BCUT2D eigenvalue weighted by molar-refractivity contribution is 7.89. The van der Waals surface area contributed by atoms with Gasteiger partial charge in [-0.05, 0) is 41.8 Å². The predicted molar refractivity (Wildman–Crippen MR) is 120 cm³/mol. The van der Waals surface area contributed by atoms with Gasteiger partial charge < -0.3 is 18.9 Å². The first-order chi connectivity index (χ1) is 15.5. The molecule has 0 aromatic heterocycles. The summed E-state index contributed by atoms with van der Waals surface area (Å²) in [5, 5.41) is 0. The Bertz CT molecular complexity index is 1180. The van der Waals surface area contributed by atoms with E-state index in [1.54, 1.807) is 12.1 Å². The van der Waals surface area contributed by atoms with Crippen LogP contribution in [-0.2, 0) is 16.4 Å². The average molecular weight is 456 g/mol. The van der Waals surface area contributed by atoms with Gasteiger partial charge in [-0.1, -0.05) is 36.4 Å². The fourth-order valence-corrected chi connectivity index (χ4v) is 5.01. The highest BCUT2D eigenvalue weighted by Gasteiger charge is 2.27. The SMILES string of the molecule is COc1ccc(OC)c(S(=O)(=O)NC(Cc2ccccc2)c2ccc3c(c2)OCCO3)c1. The molecular weight excluding hydrogens is 430 g/mol. The van der Waals surface area contributed by atoms with Crippen molar-refractivity contribution in [3.05, 3.63) is 77.9 Å². The zero-order chi connectivity index (χ0) is 22.6. The smallest absolute Gasteiger partial charge is 0.244 e. The molecule has 32 heavy (non-hydrogen) atoms. The van der Waals surface area contributed by atoms with E-state index >= 15 is 0 Å². The molecule has 0 spiro atoms. The molecule has 3 aromatic rings. The lowest BCUT2D eigenvalue weighted by molar-refractivity contribution is 0.171. The molecule has 1 atom stereocenters. The van der Waals surface area contributed by atoms with Crippen LogP contribution in [0.15, 0.2) is 71.6 Å². The van der Waals surface area contributed by atoms with E-state index in [1.807, 2.05) is 48.5 Å². The third-order valence-electron chi connectivity index (χ3n) is 5.21. The predicted octanol–water partition coefficient (Wildman–Crippen LogP) is 3.74. The van der Waals surface area contributed by atoms with E-state index < -0.39 is 16.1 Å². The van der Waals surface area contributed by atoms with E-state index in [1.165, 1.54) is 20.3 Å². The molecule has 1 aliphatic heterocycles. The Hall–Kier alpha value is -3.23. The van der Waals surface area contributed by atoms with Gasteiger partial charge in [-0.15, -0.1) is 0 Å². The molecule has 7 nitrogen and oxygen atoms in total. The van der Waals surface area contributed by atoms with Crippen LogP contribution in [0, 0.1) is 0 Å². The maximum atomic E-state index is 13.4. The van der Waals surface area contributed by atoms with Crippen molar-refractivity contribution in [2.45, 2.75) is 17.4 Å². The summed E-state index contributed by atoms with van der Waals surface area (Å²) >= 11 is 0. The number of sulfonamides is 1. The molecule has 168 valence electrons. The Labute approximate surface area is 187 Å². The summed E-state index contributed by atoms with van der Waals surface area (Å²) in [6.07, 6.45) is 0.450. The zero-order valence-electron chi connectivity index (χ0n) is 17.9. The van der Waals surface area contributed by atoms with Crippen LogP contribution in [0.4, 0.5) is 0 Å². The van der Waals surface area contributed by atoms with Crippen molar-refractivity contribution in [2.75, 3.05) is 27.4 Å². The number of hydrogen-bond acceptors (Lipinski definition) is 6. The third-order valence-corrected chi connectivity index (χ3v) is 6.70. The minimum Gasteiger partial charge on any atom is -0.497 e. The van der Waals surface area contributed by atoms with Crippen molar-refractivity contribution in [1.29, 1.82) is 0 Å². The summed E-state index contributed by atoms with van der Waals surface area (Å²) in [6.45, 7) is 0.939.